The summed E-state index contributed by atoms with van der Waals surface area (Å²) in [6, 6.07) is 6.26. The molecule has 0 aromatic heterocycles. The molecule has 1 aliphatic heterocycles. The summed E-state index contributed by atoms with van der Waals surface area (Å²) in [7, 11) is 0. The highest BCUT2D eigenvalue weighted by atomic mass is 19.2. The first kappa shape index (κ1) is 13.2. The van der Waals surface area contributed by atoms with Gasteiger partial charge >= 0.3 is 0 Å². The van der Waals surface area contributed by atoms with Crippen molar-refractivity contribution in [3.8, 4) is 0 Å². The Morgan fingerprint density at radius 2 is 1.48 bits per heavy atom. The van der Waals surface area contributed by atoms with Gasteiger partial charge in [0.15, 0.2) is 11.6 Å². The van der Waals surface area contributed by atoms with Crippen LogP contribution in [0.25, 0.3) is 0 Å². The molecule has 0 saturated heterocycles. The lowest BCUT2D eigenvalue weighted by atomic mass is 10.1. The maximum Gasteiger partial charge on any atom is 0.266 e. The number of halogens is 2. The number of anilines is 2. The minimum Gasteiger partial charge on any atom is -0.399 e. The number of fused-ring (bicyclic) bond motifs is 1. The van der Waals surface area contributed by atoms with Crippen molar-refractivity contribution in [1.29, 1.82) is 0 Å². The summed E-state index contributed by atoms with van der Waals surface area (Å²) >= 11 is 0. The summed E-state index contributed by atoms with van der Waals surface area (Å²) in [6.45, 7) is 1.71. The Kier molecular flexibility index (Phi) is 2.76. The molecule has 1 aliphatic rings. The predicted molar refractivity (Wildman–Crippen MR) is 73.1 cm³/mol. The van der Waals surface area contributed by atoms with Crippen molar-refractivity contribution in [2.24, 2.45) is 0 Å². The Bertz CT molecular complexity index is 762. The Morgan fingerprint density at radius 1 is 0.952 bits per heavy atom. The van der Waals surface area contributed by atoms with Crippen LogP contribution in [0.1, 0.15) is 26.3 Å². The van der Waals surface area contributed by atoms with Crippen LogP contribution in [0.3, 0.4) is 0 Å². The first-order valence-electron chi connectivity index (χ1n) is 6.14. The van der Waals surface area contributed by atoms with Crippen LogP contribution in [-0.4, -0.2) is 11.8 Å². The molecule has 21 heavy (non-hydrogen) atoms. The van der Waals surface area contributed by atoms with E-state index in [0.29, 0.717) is 16.9 Å². The molecule has 2 N–H and O–H groups in total. The number of hydrogen-bond donors (Lipinski definition) is 1. The summed E-state index contributed by atoms with van der Waals surface area (Å²) in [6.07, 6.45) is 0. The molecule has 6 heteroatoms. The van der Waals surface area contributed by atoms with Crippen molar-refractivity contribution in [2.45, 2.75) is 6.92 Å². The van der Waals surface area contributed by atoms with Gasteiger partial charge in [0.2, 0.25) is 0 Å². The predicted octanol–water partition coefficient (Wildman–Crippen LogP) is 2.66. The molecule has 0 radical (unpaired) electrons. The molecule has 1 heterocycles. The van der Waals surface area contributed by atoms with Gasteiger partial charge in [0.1, 0.15) is 0 Å². The molecule has 2 aromatic rings. The van der Waals surface area contributed by atoms with E-state index in [1.807, 2.05) is 0 Å². The van der Waals surface area contributed by atoms with Gasteiger partial charge in [0, 0.05) is 5.69 Å². The average molecular weight is 288 g/mol. The Morgan fingerprint density at radius 3 is 2.00 bits per heavy atom. The number of rotatable bonds is 1. The van der Waals surface area contributed by atoms with Gasteiger partial charge in [-0.3, -0.25) is 9.59 Å². The zero-order valence-corrected chi connectivity index (χ0v) is 11.0. The molecule has 4 nitrogen and oxygen atoms in total. The number of aryl methyl sites for hydroxylation is 1. The number of nitrogens with two attached hydrogens (primary N) is 1. The number of carbonyl (C=O) groups is 2. The minimum absolute atomic E-state index is 0.152. The van der Waals surface area contributed by atoms with Gasteiger partial charge < -0.3 is 5.73 Å². The monoisotopic (exact) mass is 288 g/mol. The largest absolute Gasteiger partial charge is 0.399 e. The van der Waals surface area contributed by atoms with E-state index in [2.05, 4.69) is 0 Å². The summed E-state index contributed by atoms with van der Waals surface area (Å²) in [5, 5.41) is 0. The zero-order chi connectivity index (χ0) is 15.3. The molecule has 0 bridgehead atoms. The van der Waals surface area contributed by atoms with Crippen molar-refractivity contribution in [2.75, 3.05) is 10.6 Å². The maximum absolute atomic E-state index is 13.3. The van der Waals surface area contributed by atoms with Gasteiger partial charge in [0.25, 0.3) is 11.8 Å². The Labute approximate surface area is 118 Å². The molecule has 0 spiro atoms. The van der Waals surface area contributed by atoms with Gasteiger partial charge in [0.05, 0.1) is 16.8 Å². The summed E-state index contributed by atoms with van der Waals surface area (Å²) in [5.41, 5.74) is 6.70. The number of carbonyl (C=O) groups excluding carboxylic acids is 2. The van der Waals surface area contributed by atoms with Crippen molar-refractivity contribution in [3.63, 3.8) is 0 Å². The van der Waals surface area contributed by atoms with Crippen LogP contribution >= 0.6 is 0 Å². The van der Waals surface area contributed by atoms with Crippen molar-refractivity contribution >= 4 is 23.2 Å². The van der Waals surface area contributed by atoms with Gasteiger partial charge in [-0.15, -0.1) is 0 Å². The molecule has 0 fully saturated rings. The second-order valence-corrected chi connectivity index (χ2v) is 4.80. The molecule has 2 aromatic carbocycles. The SMILES string of the molecule is Cc1ccc(N)cc1N1C(=O)c2cc(F)c(F)cc2C1=O. The summed E-state index contributed by atoms with van der Waals surface area (Å²) in [4.78, 5) is 25.5. The molecular formula is C15H10F2N2O2. The van der Waals surface area contributed by atoms with Crippen LogP contribution < -0.4 is 10.6 Å². The summed E-state index contributed by atoms with van der Waals surface area (Å²) < 4.78 is 26.5. The van der Waals surface area contributed by atoms with E-state index < -0.39 is 23.4 Å². The molecule has 0 atom stereocenters. The van der Waals surface area contributed by atoms with E-state index in [1.54, 1.807) is 19.1 Å². The van der Waals surface area contributed by atoms with Crippen molar-refractivity contribution in [3.05, 3.63) is 58.7 Å². The minimum atomic E-state index is -1.17. The topological polar surface area (TPSA) is 63.4 Å². The standard InChI is InChI=1S/C15H10F2N2O2/c1-7-2-3-8(18)4-13(7)19-14(20)9-5-11(16)12(17)6-10(9)15(19)21/h2-6H,18H2,1H3. The second kappa shape index (κ2) is 4.37. The molecule has 0 aliphatic carbocycles. The molecular weight excluding hydrogens is 278 g/mol. The molecule has 2 amide bonds. The van der Waals surface area contributed by atoms with Crippen molar-refractivity contribution in [1.82, 2.24) is 0 Å². The Balaban J connectivity index is 2.18. The lowest BCUT2D eigenvalue weighted by Gasteiger charge is -2.17. The highest BCUT2D eigenvalue weighted by molar-refractivity contribution is 6.34. The van der Waals surface area contributed by atoms with Crippen LogP contribution in [0.4, 0.5) is 20.2 Å². The van der Waals surface area contributed by atoms with E-state index in [1.165, 1.54) is 6.07 Å². The molecule has 106 valence electrons. The van der Waals surface area contributed by atoms with E-state index in [0.717, 1.165) is 17.0 Å². The first-order valence-corrected chi connectivity index (χ1v) is 6.14. The molecule has 0 saturated carbocycles. The van der Waals surface area contributed by atoms with E-state index in [-0.39, 0.29) is 11.1 Å². The quantitative estimate of drug-likeness (QED) is 0.648. The lowest BCUT2D eigenvalue weighted by Crippen LogP contribution is -2.30. The fourth-order valence-electron chi connectivity index (χ4n) is 2.32. The van der Waals surface area contributed by atoms with E-state index >= 15 is 0 Å². The number of benzene rings is 2. The van der Waals surface area contributed by atoms with Crippen LogP contribution in [0.2, 0.25) is 0 Å². The lowest BCUT2D eigenvalue weighted by molar-refractivity contribution is 0.0926. The first-order chi connectivity index (χ1) is 9.90. The van der Waals surface area contributed by atoms with E-state index in [4.69, 9.17) is 5.73 Å². The third-order valence-corrected chi connectivity index (χ3v) is 3.40. The third kappa shape index (κ3) is 1.87. The number of amides is 2. The van der Waals surface area contributed by atoms with E-state index in [9.17, 15) is 18.4 Å². The molecule has 3 rings (SSSR count). The van der Waals surface area contributed by atoms with Crippen LogP contribution in [0.15, 0.2) is 30.3 Å². The molecule has 0 unspecified atom stereocenters. The zero-order valence-electron chi connectivity index (χ0n) is 11.0. The Hall–Kier alpha value is -2.76. The van der Waals surface area contributed by atoms with Gasteiger partial charge in [-0.2, -0.15) is 0 Å². The average Bonchev–Trinajstić information content (AvgIpc) is 2.66. The summed E-state index contributed by atoms with van der Waals surface area (Å²) in [5.74, 6) is -3.72. The normalized spacial score (nSPS) is 13.8. The fourth-order valence-corrected chi connectivity index (χ4v) is 2.32. The number of nitrogen functional groups attached to an aromatic ring is 1. The number of imide groups is 1. The van der Waals surface area contributed by atoms with Gasteiger partial charge in [-0.25, -0.2) is 13.7 Å². The van der Waals surface area contributed by atoms with Crippen LogP contribution in [-0.2, 0) is 0 Å². The van der Waals surface area contributed by atoms with Crippen LogP contribution in [0.5, 0.6) is 0 Å². The highest BCUT2D eigenvalue weighted by Gasteiger charge is 2.38. The highest BCUT2D eigenvalue weighted by Crippen LogP contribution is 2.32. The smallest absolute Gasteiger partial charge is 0.266 e. The number of hydrogen-bond acceptors (Lipinski definition) is 3. The van der Waals surface area contributed by atoms with Crippen LogP contribution in [0, 0.1) is 18.6 Å². The third-order valence-electron chi connectivity index (χ3n) is 3.40. The van der Waals surface area contributed by atoms with Gasteiger partial charge in [-0.05, 0) is 36.8 Å². The van der Waals surface area contributed by atoms with Gasteiger partial charge in [-0.1, -0.05) is 6.07 Å². The maximum atomic E-state index is 13.3. The van der Waals surface area contributed by atoms with Crippen molar-refractivity contribution < 1.29 is 18.4 Å². The fraction of sp³-hybridized carbons (Fsp3) is 0.0667. The number of nitrogens with zero attached hydrogens (tertiary/aromatic N) is 1. The second-order valence-electron chi connectivity index (χ2n) is 4.80.